The fourth-order valence-electron chi connectivity index (χ4n) is 3.75. The second-order valence-electron chi connectivity index (χ2n) is 6.96. The van der Waals surface area contributed by atoms with Crippen molar-refractivity contribution in [2.75, 3.05) is 16.4 Å². The van der Waals surface area contributed by atoms with E-state index in [4.69, 9.17) is 0 Å². The third kappa shape index (κ3) is 3.62. The number of sulfone groups is 1. The molecular formula is C18H24N2O3S2. The third-order valence-electron chi connectivity index (χ3n) is 4.63. The van der Waals surface area contributed by atoms with Crippen LogP contribution in [0.4, 0.5) is 5.69 Å². The maximum absolute atomic E-state index is 12.1. The van der Waals surface area contributed by atoms with E-state index < -0.39 is 9.84 Å². The van der Waals surface area contributed by atoms with Crippen molar-refractivity contribution in [1.29, 1.82) is 0 Å². The summed E-state index contributed by atoms with van der Waals surface area (Å²) in [7, 11) is -3.04. The monoisotopic (exact) mass is 380 g/mol. The van der Waals surface area contributed by atoms with Crippen LogP contribution in [0.3, 0.4) is 0 Å². The molecule has 3 rings (SSSR count). The van der Waals surface area contributed by atoms with Gasteiger partial charge in [-0.3, -0.25) is 4.79 Å². The average Bonchev–Trinajstić information content (AvgIpc) is 2.91. The van der Waals surface area contributed by atoms with E-state index in [1.807, 2.05) is 32.6 Å². The Balaban J connectivity index is 2.09. The molecule has 1 amide bonds. The quantitative estimate of drug-likeness (QED) is 0.806. The molecule has 0 saturated carbocycles. The SMILES string of the molecule is CCCC(=O)N=C1S[C@H]2CS(=O)(=O)C[C@@H]2N1c1c(C)cc(C)cc1C. The predicted octanol–water partition coefficient (Wildman–Crippen LogP) is 3.01. The number of amidine groups is 1. The van der Waals surface area contributed by atoms with E-state index in [-0.39, 0.29) is 28.7 Å². The smallest absolute Gasteiger partial charge is 0.248 e. The van der Waals surface area contributed by atoms with Gasteiger partial charge in [-0.1, -0.05) is 36.4 Å². The lowest BCUT2D eigenvalue weighted by Crippen LogP contribution is -2.38. The molecule has 1 aromatic carbocycles. The zero-order valence-corrected chi connectivity index (χ0v) is 16.7. The number of anilines is 1. The van der Waals surface area contributed by atoms with Crippen molar-refractivity contribution in [2.24, 2.45) is 4.99 Å². The number of rotatable bonds is 3. The number of aryl methyl sites for hydroxylation is 3. The summed E-state index contributed by atoms with van der Waals surface area (Å²) < 4.78 is 24.3. The van der Waals surface area contributed by atoms with Crippen LogP contribution >= 0.6 is 11.8 Å². The molecule has 0 bridgehead atoms. The molecule has 0 unspecified atom stereocenters. The van der Waals surface area contributed by atoms with Crippen LogP contribution in [0.2, 0.25) is 0 Å². The Morgan fingerprint density at radius 1 is 1.24 bits per heavy atom. The Morgan fingerprint density at radius 2 is 1.88 bits per heavy atom. The number of thioether (sulfide) groups is 1. The van der Waals surface area contributed by atoms with Crippen LogP contribution in [0, 0.1) is 20.8 Å². The van der Waals surface area contributed by atoms with Gasteiger partial charge in [0, 0.05) is 17.4 Å². The van der Waals surface area contributed by atoms with E-state index in [9.17, 15) is 13.2 Å². The normalized spacial score (nSPS) is 26.2. The first kappa shape index (κ1) is 18.5. The molecule has 2 fully saturated rings. The molecule has 0 aromatic heterocycles. The minimum atomic E-state index is -3.04. The number of carbonyl (C=O) groups is 1. The Kier molecular flexibility index (Phi) is 4.99. The first-order valence-corrected chi connectivity index (χ1v) is 11.3. The predicted molar refractivity (Wildman–Crippen MR) is 104 cm³/mol. The van der Waals surface area contributed by atoms with Gasteiger partial charge in [0.15, 0.2) is 15.0 Å². The molecular weight excluding hydrogens is 356 g/mol. The number of aliphatic imine (C=N–C) groups is 1. The third-order valence-corrected chi connectivity index (χ3v) is 7.84. The molecule has 2 heterocycles. The summed E-state index contributed by atoms with van der Waals surface area (Å²) in [5.74, 6) is 0.141. The largest absolute Gasteiger partial charge is 0.315 e. The van der Waals surface area contributed by atoms with Crippen LogP contribution in [0.15, 0.2) is 17.1 Å². The molecule has 5 nitrogen and oxygen atoms in total. The number of fused-ring (bicyclic) bond motifs is 1. The van der Waals surface area contributed by atoms with Gasteiger partial charge in [0.05, 0.1) is 17.5 Å². The summed E-state index contributed by atoms with van der Waals surface area (Å²) in [6, 6.07) is 4.04. The molecule has 2 aliphatic heterocycles. The molecule has 2 atom stereocenters. The van der Waals surface area contributed by atoms with E-state index in [2.05, 4.69) is 17.1 Å². The molecule has 136 valence electrons. The second kappa shape index (κ2) is 6.76. The summed E-state index contributed by atoms with van der Waals surface area (Å²) in [5.41, 5.74) is 4.32. The summed E-state index contributed by atoms with van der Waals surface area (Å²) in [6.45, 7) is 8.06. The molecule has 0 N–H and O–H groups in total. The van der Waals surface area contributed by atoms with Gasteiger partial charge in [-0.05, 0) is 38.3 Å². The molecule has 0 aliphatic carbocycles. The van der Waals surface area contributed by atoms with Crippen molar-refractivity contribution in [3.8, 4) is 0 Å². The highest BCUT2D eigenvalue weighted by molar-refractivity contribution is 8.16. The standard InChI is InChI=1S/C18H24N2O3S2/c1-5-6-16(21)19-18-20(14-9-25(22,23)10-15(14)24-18)17-12(3)7-11(2)8-13(17)4/h7-8,14-15H,5-6,9-10H2,1-4H3/t14-,15-/m0/s1. The van der Waals surface area contributed by atoms with Crippen molar-refractivity contribution < 1.29 is 13.2 Å². The first-order valence-electron chi connectivity index (χ1n) is 8.57. The van der Waals surface area contributed by atoms with Gasteiger partial charge in [-0.25, -0.2) is 8.42 Å². The maximum atomic E-state index is 12.1. The van der Waals surface area contributed by atoms with E-state index in [0.717, 1.165) is 23.2 Å². The lowest BCUT2D eigenvalue weighted by molar-refractivity contribution is -0.117. The van der Waals surface area contributed by atoms with E-state index >= 15 is 0 Å². The van der Waals surface area contributed by atoms with Crippen molar-refractivity contribution in [1.82, 2.24) is 0 Å². The van der Waals surface area contributed by atoms with Crippen LogP contribution in [-0.2, 0) is 14.6 Å². The van der Waals surface area contributed by atoms with Crippen LogP contribution in [0.5, 0.6) is 0 Å². The van der Waals surface area contributed by atoms with Crippen molar-refractivity contribution in [3.05, 3.63) is 28.8 Å². The molecule has 0 radical (unpaired) electrons. The summed E-state index contributed by atoms with van der Waals surface area (Å²) in [5, 5.41) is 0.594. The van der Waals surface area contributed by atoms with Crippen LogP contribution in [-0.4, -0.2) is 42.3 Å². The fraction of sp³-hybridized carbons (Fsp3) is 0.556. The fourth-order valence-corrected chi connectivity index (χ4v) is 7.67. The van der Waals surface area contributed by atoms with Crippen molar-refractivity contribution in [2.45, 2.75) is 51.8 Å². The van der Waals surface area contributed by atoms with E-state index in [1.54, 1.807) is 0 Å². The highest BCUT2D eigenvalue weighted by atomic mass is 32.2. The number of amides is 1. The lowest BCUT2D eigenvalue weighted by Gasteiger charge is -2.28. The lowest BCUT2D eigenvalue weighted by atomic mass is 10.0. The topological polar surface area (TPSA) is 66.8 Å². The van der Waals surface area contributed by atoms with Crippen molar-refractivity contribution in [3.63, 3.8) is 0 Å². The first-order chi connectivity index (χ1) is 11.7. The van der Waals surface area contributed by atoms with Crippen LogP contribution in [0.1, 0.15) is 36.5 Å². The minimum Gasteiger partial charge on any atom is -0.315 e. The highest BCUT2D eigenvalue weighted by Gasteiger charge is 2.49. The van der Waals surface area contributed by atoms with Gasteiger partial charge in [-0.15, -0.1) is 0 Å². The average molecular weight is 381 g/mol. The Morgan fingerprint density at radius 3 is 2.48 bits per heavy atom. The highest BCUT2D eigenvalue weighted by Crippen LogP contribution is 2.43. The Labute approximate surface area is 153 Å². The van der Waals surface area contributed by atoms with Gasteiger partial charge in [0.1, 0.15) is 0 Å². The molecule has 0 spiro atoms. The van der Waals surface area contributed by atoms with Gasteiger partial charge < -0.3 is 4.90 Å². The van der Waals surface area contributed by atoms with E-state index in [1.165, 1.54) is 17.3 Å². The van der Waals surface area contributed by atoms with Gasteiger partial charge in [0.25, 0.3) is 0 Å². The number of nitrogens with zero attached hydrogens (tertiary/aromatic N) is 2. The summed E-state index contributed by atoms with van der Waals surface area (Å²) in [6.07, 6.45) is 1.17. The van der Waals surface area contributed by atoms with Gasteiger partial charge in [-0.2, -0.15) is 4.99 Å². The van der Waals surface area contributed by atoms with Crippen LogP contribution < -0.4 is 4.90 Å². The number of benzene rings is 1. The second-order valence-corrected chi connectivity index (χ2v) is 10.3. The zero-order valence-electron chi connectivity index (χ0n) is 15.1. The number of hydrogen-bond donors (Lipinski definition) is 0. The van der Waals surface area contributed by atoms with E-state index in [0.29, 0.717) is 11.6 Å². The molecule has 2 aliphatic rings. The minimum absolute atomic E-state index is 0.0571. The van der Waals surface area contributed by atoms with Gasteiger partial charge in [0.2, 0.25) is 5.91 Å². The van der Waals surface area contributed by atoms with Crippen LogP contribution in [0.25, 0.3) is 0 Å². The number of hydrogen-bond acceptors (Lipinski definition) is 4. The Bertz CT molecular complexity index is 823. The zero-order chi connectivity index (χ0) is 18.4. The molecule has 1 aromatic rings. The molecule has 25 heavy (non-hydrogen) atoms. The number of carbonyl (C=O) groups excluding carboxylic acids is 1. The molecule has 2 saturated heterocycles. The maximum Gasteiger partial charge on any atom is 0.248 e. The summed E-state index contributed by atoms with van der Waals surface area (Å²) in [4.78, 5) is 18.4. The van der Waals surface area contributed by atoms with Gasteiger partial charge >= 0.3 is 0 Å². The Hall–Kier alpha value is -1.34. The van der Waals surface area contributed by atoms with Crippen molar-refractivity contribution >= 4 is 38.4 Å². The molecule has 7 heteroatoms. The summed E-state index contributed by atoms with van der Waals surface area (Å²) >= 11 is 1.44.